The van der Waals surface area contributed by atoms with Gasteiger partial charge in [-0.3, -0.25) is 9.59 Å². The Morgan fingerprint density at radius 3 is 2.73 bits per heavy atom. The van der Waals surface area contributed by atoms with Gasteiger partial charge < -0.3 is 15.0 Å². The molecule has 1 heterocycles. The van der Waals surface area contributed by atoms with E-state index in [4.69, 9.17) is 4.74 Å². The topological polar surface area (TPSA) is 58.6 Å². The van der Waals surface area contributed by atoms with Gasteiger partial charge in [0.15, 0.2) is 0 Å². The number of nitrogens with zero attached hydrogens (tertiary/aromatic N) is 1. The predicted octanol–water partition coefficient (Wildman–Crippen LogP) is 2.68. The third kappa shape index (κ3) is 4.20. The van der Waals surface area contributed by atoms with Crippen LogP contribution in [-0.4, -0.2) is 49.1 Å². The van der Waals surface area contributed by atoms with E-state index in [0.717, 1.165) is 32.2 Å². The molecule has 1 spiro atoms. The number of carbonyl (C=O) groups is 2. The minimum Gasteiger partial charge on any atom is -0.378 e. The smallest absolute Gasteiger partial charge is 0.225 e. The van der Waals surface area contributed by atoms with Crippen LogP contribution in [0.1, 0.15) is 46.0 Å². The van der Waals surface area contributed by atoms with E-state index in [-0.39, 0.29) is 30.0 Å². The summed E-state index contributed by atoms with van der Waals surface area (Å²) < 4.78 is 5.72. The molecule has 2 aliphatic carbocycles. The molecule has 1 saturated heterocycles. The van der Waals surface area contributed by atoms with E-state index in [1.165, 1.54) is 12.8 Å². The maximum Gasteiger partial charge on any atom is 0.225 e. The van der Waals surface area contributed by atoms with Crippen LogP contribution in [0.2, 0.25) is 0 Å². The lowest BCUT2D eigenvalue weighted by atomic mass is 9.91. The highest BCUT2D eigenvalue weighted by Gasteiger charge is 2.54. The first-order valence-electron chi connectivity index (χ1n) is 9.85. The van der Waals surface area contributed by atoms with Crippen LogP contribution >= 0.6 is 0 Å². The number of hydrogen-bond donors (Lipinski definition) is 1. The van der Waals surface area contributed by atoms with Crippen molar-refractivity contribution in [3.8, 4) is 0 Å². The third-order valence-electron chi connectivity index (χ3n) is 6.35. The van der Waals surface area contributed by atoms with Crippen molar-refractivity contribution in [2.24, 2.45) is 17.3 Å². The summed E-state index contributed by atoms with van der Waals surface area (Å²) in [4.78, 5) is 26.2. The molecule has 2 fully saturated rings. The molecule has 0 bridgehead atoms. The largest absolute Gasteiger partial charge is 0.378 e. The van der Waals surface area contributed by atoms with Crippen LogP contribution in [0.15, 0.2) is 24.3 Å². The summed E-state index contributed by atoms with van der Waals surface area (Å²) in [5, 5.41) is 3.15. The summed E-state index contributed by atoms with van der Waals surface area (Å²) in [6, 6.07) is 0.117. The molecule has 0 aromatic heterocycles. The van der Waals surface area contributed by atoms with Crippen molar-refractivity contribution in [1.29, 1.82) is 0 Å². The fourth-order valence-corrected chi connectivity index (χ4v) is 4.63. The Bertz CT molecular complexity index is 582. The van der Waals surface area contributed by atoms with Gasteiger partial charge in [-0.2, -0.15) is 0 Å². The zero-order valence-corrected chi connectivity index (χ0v) is 16.2. The fraction of sp³-hybridized carbons (Fsp3) is 0.714. The van der Waals surface area contributed by atoms with Crippen molar-refractivity contribution < 1.29 is 14.3 Å². The van der Waals surface area contributed by atoms with E-state index in [9.17, 15) is 9.59 Å². The van der Waals surface area contributed by atoms with Crippen LogP contribution < -0.4 is 5.32 Å². The lowest BCUT2D eigenvalue weighted by Crippen LogP contribution is -2.49. The lowest BCUT2D eigenvalue weighted by molar-refractivity contribution is -0.134. The Morgan fingerprint density at radius 2 is 2.15 bits per heavy atom. The Hall–Kier alpha value is -1.62. The van der Waals surface area contributed by atoms with Crippen molar-refractivity contribution in [1.82, 2.24) is 10.2 Å². The van der Waals surface area contributed by atoms with E-state index in [2.05, 4.69) is 36.5 Å². The molecule has 0 radical (unpaired) electrons. The molecule has 3 aliphatic rings. The Morgan fingerprint density at radius 1 is 1.38 bits per heavy atom. The van der Waals surface area contributed by atoms with Crippen LogP contribution in [0.3, 0.4) is 0 Å². The zero-order chi connectivity index (χ0) is 18.7. The molecule has 5 atom stereocenters. The van der Waals surface area contributed by atoms with Crippen molar-refractivity contribution in [2.75, 3.05) is 13.7 Å². The first-order chi connectivity index (χ1) is 12.5. The van der Waals surface area contributed by atoms with Gasteiger partial charge in [-0.1, -0.05) is 31.2 Å². The number of nitrogens with one attached hydrogen (secondary N) is 1. The summed E-state index contributed by atoms with van der Waals surface area (Å²) in [5.41, 5.74) is 0.298. The van der Waals surface area contributed by atoms with Crippen molar-refractivity contribution in [3.05, 3.63) is 24.3 Å². The molecular weight excluding hydrogens is 328 g/mol. The number of carbonyl (C=O) groups excluding carboxylic acids is 2. The highest BCUT2D eigenvalue weighted by atomic mass is 16.5. The number of amides is 2. The SMILES string of the molecule is COC(C(C)C(=O)NC(C)CC1C=CC=CC1)C1CC2(CC2)CN1C=O. The van der Waals surface area contributed by atoms with E-state index in [1.807, 2.05) is 11.8 Å². The molecule has 0 aromatic carbocycles. The van der Waals surface area contributed by atoms with Crippen molar-refractivity contribution in [3.63, 3.8) is 0 Å². The van der Waals surface area contributed by atoms with Gasteiger partial charge in [-0.15, -0.1) is 0 Å². The van der Waals surface area contributed by atoms with Crippen LogP contribution in [0.25, 0.3) is 0 Å². The molecule has 5 nitrogen and oxygen atoms in total. The maximum absolute atomic E-state index is 12.8. The van der Waals surface area contributed by atoms with Gasteiger partial charge in [-0.25, -0.2) is 0 Å². The minimum atomic E-state index is -0.286. The minimum absolute atomic E-state index is 0.00229. The monoisotopic (exact) mass is 360 g/mol. The lowest BCUT2D eigenvalue weighted by Gasteiger charge is -2.32. The zero-order valence-electron chi connectivity index (χ0n) is 16.2. The predicted molar refractivity (Wildman–Crippen MR) is 101 cm³/mol. The van der Waals surface area contributed by atoms with Crippen LogP contribution in [0.4, 0.5) is 0 Å². The molecule has 5 unspecified atom stereocenters. The van der Waals surface area contributed by atoms with Gasteiger partial charge in [0.05, 0.1) is 18.1 Å². The number of likely N-dealkylation sites (tertiary alicyclic amines) is 1. The van der Waals surface area contributed by atoms with Crippen molar-refractivity contribution >= 4 is 12.3 Å². The molecule has 26 heavy (non-hydrogen) atoms. The van der Waals surface area contributed by atoms with Gasteiger partial charge in [-0.05, 0) is 50.4 Å². The molecule has 1 N–H and O–H groups in total. The van der Waals surface area contributed by atoms with E-state index in [1.54, 1.807) is 7.11 Å². The molecule has 1 aliphatic heterocycles. The summed E-state index contributed by atoms with van der Waals surface area (Å²) in [7, 11) is 1.65. The summed E-state index contributed by atoms with van der Waals surface area (Å²) in [5.74, 6) is 0.215. The average molecular weight is 360 g/mol. The van der Waals surface area contributed by atoms with Crippen LogP contribution in [-0.2, 0) is 14.3 Å². The normalized spacial score (nSPS) is 29.4. The number of ether oxygens (including phenoxy) is 1. The van der Waals surface area contributed by atoms with Gasteiger partial charge in [0.2, 0.25) is 12.3 Å². The third-order valence-corrected chi connectivity index (χ3v) is 6.35. The van der Waals surface area contributed by atoms with Gasteiger partial charge in [0, 0.05) is 19.7 Å². The molecule has 2 amide bonds. The molecule has 1 saturated carbocycles. The number of methoxy groups -OCH3 is 1. The molecule has 144 valence electrons. The Balaban J connectivity index is 1.56. The second kappa shape index (κ2) is 7.95. The van der Waals surface area contributed by atoms with E-state index >= 15 is 0 Å². The van der Waals surface area contributed by atoms with Crippen LogP contribution in [0, 0.1) is 17.3 Å². The highest BCUT2D eigenvalue weighted by molar-refractivity contribution is 5.79. The summed E-state index contributed by atoms with van der Waals surface area (Å²) in [6.45, 7) is 4.79. The number of allylic oxidation sites excluding steroid dienone is 4. The molecule has 0 aromatic rings. The second-order valence-electron chi connectivity index (χ2n) is 8.49. The van der Waals surface area contributed by atoms with Crippen LogP contribution in [0.5, 0.6) is 0 Å². The number of rotatable bonds is 8. The quantitative estimate of drug-likeness (QED) is 0.677. The standard InChI is InChI=1S/C21H32N2O3/c1-15(11-17-7-5-4-6-8-17)22-20(25)16(2)19(26-3)18-12-21(9-10-21)13-23(18)14-24/h4-7,14-19H,8-13H2,1-3H3,(H,22,25). The summed E-state index contributed by atoms with van der Waals surface area (Å²) >= 11 is 0. The molecule has 5 heteroatoms. The fourth-order valence-electron chi connectivity index (χ4n) is 4.63. The number of hydrogen-bond acceptors (Lipinski definition) is 3. The van der Waals surface area contributed by atoms with E-state index < -0.39 is 0 Å². The van der Waals surface area contributed by atoms with Gasteiger partial charge >= 0.3 is 0 Å². The van der Waals surface area contributed by atoms with Gasteiger partial charge in [0.25, 0.3) is 0 Å². The first-order valence-corrected chi connectivity index (χ1v) is 9.85. The second-order valence-corrected chi connectivity index (χ2v) is 8.49. The molecular formula is C21H32N2O3. The highest BCUT2D eigenvalue weighted by Crippen LogP contribution is 2.55. The van der Waals surface area contributed by atoms with Crippen molar-refractivity contribution in [2.45, 2.75) is 64.1 Å². The summed E-state index contributed by atoms with van der Waals surface area (Å²) in [6.07, 6.45) is 14.5. The van der Waals surface area contributed by atoms with E-state index in [0.29, 0.717) is 11.3 Å². The Kier molecular flexibility index (Phi) is 5.86. The maximum atomic E-state index is 12.8. The first kappa shape index (κ1) is 19.2. The van der Waals surface area contributed by atoms with Gasteiger partial charge in [0.1, 0.15) is 0 Å². The molecule has 3 rings (SSSR count). The Labute approximate surface area is 156 Å². The average Bonchev–Trinajstić information content (AvgIpc) is 3.28.